The van der Waals surface area contributed by atoms with Crippen LogP contribution in [0.1, 0.15) is 29.1 Å². The molecule has 1 aliphatic heterocycles. The number of aromatic nitrogens is 4. The summed E-state index contributed by atoms with van der Waals surface area (Å²) in [5, 5.41) is 35.9. The Morgan fingerprint density at radius 2 is 1.72 bits per heavy atom. The minimum Gasteiger partial charge on any atom is -0.465 e. The van der Waals surface area contributed by atoms with Gasteiger partial charge < -0.3 is 35.4 Å². The number of hydrogen-bond acceptors (Lipinski definition) is 9. The lowest BCUT2D eigenvalue weighted by molar-refractivity contribution is -0.0580. The summed E-state index contributed by atoms with van der Waals surface area (Å²) in [5.41, 5.74) is 2.95. The van der Waals surface area contributed by atoms with E-state index in [1.807, 2.05) is 36.4 Å². The van der Waals surface area contributed by atoms with Crippen LogP contribution in [0, 0.1) is 0 Å². The zero-order chi connectivity index (χ0) is 27.4. The molecule has 3 heterocycles. The number of ether oxygens (including phenoxy) is 2. The summed E-state index contributed by atoms with van der Waals surface area (Å²) in [5.74, 6) is 0.593. The monoisotopic (exact) mass is 534 g/mol. The Bertz CT molecular complexity index is 1360. The van der Waals surface area contributed by atoms with Crippen LogP contribution in [0.2, 0.25) is 0 Å². The Hall–Kier alpha value is -4.10. The highest BCUT2D eigenvalue weighted by molar-refractivity contribution is 5.83. The lowest BCUT2D eigenvalue weighted by Gasteiger charge is -2.20. The zero-order valence-electron chi connectivity index (χ0n) is 21.2. The minimum absolute atomic E-state index is 0.00923. The molecule has 12 nitrogen and oxygen atoms in total. The van der Waals surface area contributed by atoms with Gasteiger partial charge in [0.25, 0.3) is 0 Å². The fourth-order valence-corrected chi connectivity index (χ4v) is 4.76. The van der Waals surface area contributed by atoms with Crippen molar-refractivity contribution in [2.75, 3.05) is 25.6 Å². The van der Waals surface area contributed by atoms with Crippen molar-refractivity contribution in [2.24, 2.45) is 0 Å². The molecule has 1 fully saturated rings. The Morgan fingerprint density at radius 3 is 2.33 bits per heavy atom. The molecule has 1 saturated heterocycles. The first-order chi connectivity index (χ1) is 19.0. The fourth-order valence-electron chi connectivity index (χ4n) is 4.76. The van der Waals surface area contributed by atoms with Gasteiger partial charge in [0.2, 0.25) is 0 Å². The Morgan fingerprint density at radius 1 is 1.05 bits per heavy atom. The molecule has 4 atom stereocenters. The molecule has 4 aromatic rings. The number of aliphatic hydroxyl groups is 2. The van der Waals surface area contributed by atoms with Crippen molar-refractivity contribution in [3.8, 4) is 0 Å². The third kappa shape index (κ3) is 5.68. The number of aliphatic hydroxyl groups excluding tert-OH is 2. The van der Waals surface area contributed by atoms with E-state index in [2.05, 4.69) is 49.9 Å². The minimum atomic E-state index is -1.25. The van der Waals surface area contributed by atoms with Gasteiger partial charge in [0.1, 0.15) is 18.3 Å². The highest BCUT2D eigenvalue weighted by atomic mass is 16.6. The largest absolute Gasteiger partial charge is 0.465 e. The van der Waals surface area contributed by atoms with Crippen LogP contribution in [0.15, 0.2) is 67.0 Å². The molecule has 12 heteroatoms. The second-order valence-corrected chi connectivity index (χ2v) is 9.23. The Labute approximate surface area is 224 Å². The normalized spacial score (nSPS) is 20.9. The summed E-state index contributed by atoms with van der Waals surface area (Å²) in [6.45, 7) is 0.419. The molecule has 0 spiro atoms. The molecule has 5 rings (SSSR count). The molecule has 1 amide bonds. The van der Waals surface area contributed by atoms with E-state index < -0.39 is 30.6 Å². The number of carbonyl (C=O) groups is 1. The van der Waals surface area contributed by atoms with Crippen LogP contribution in [0.3, 0.4) is 0 Å². The number of anilines is 1. The second kappa shape index (κ2) is 11.7. The molecule has 2 aromatic carbocycles. The smallest absolute Gasteiger partial charge is 0.405 e. The van der Waals surface area contributed by atoms with Crippen LogP contribution in [-0.4, -0.2) is 79.5 Å². The maximum Gasteiger partial charge on any atom is 0.405 e. The van der Waals surface area contributed by atoms with Gasteiger partial charge in [-0.25, -0.2) is 19.7 Å². The van der Waals surface area contributed by atoms with Gasteiger partial charge >= 0.3 is 6.09 Å². The molecule has 0 radical (unpaired) electrons. The van der Waals surface area contributed by atoms with E-state index in [9.17, 15) is 15.0 Å². The SMILES string of the molecule is COC[C@H]1O[C@@H](n2cnc3c(NCC(c4ccccc4)c4ccccc4)nc(CNC(=O)O)nc32)[C@H](O)[C@@H]1O. The van der Waals surface area contributed by atoms with Crippen LogP contribution in [-0.2, 0) is 16.0 Å². The van der Waals surface area contributed by atoms with Gasteiger partial charge in [0.05, 0.1) is 19.5 Å². The van der Waals surface area contributed by atoms with Gasteiger partial charge in [0, 0.05) is 19.6 Å². The number of amides is 1. The summed E-state index contributed by atoms with van der Waals surface area (Å²) in [6, 6.07) is 20.1. The molecule has 0 bridgehead atoms. The number of fused-ring (bicyclic) bond motifs is 1. The summed E-state index contributed by atoms with van der Waals surface area (Å²) in [7, 11) is 1.48. The first-order valence-corrected chi connectivity index (χ1v) is 12.5. The molecule has 39 heavy (non-hydrogen) atoms. The lowest BCUT2D eigenvalue weighted by atomic mass is 9.91. The van der Waals surface area contributed by atoms with E-state index in [-0.39, 0.29) is 24.9 Å². The molecular formula is C27H30N6O6. The molecule has 0 aliphatic carbocycles. The number of methoxy groups -OCH3 is 1. The summed E-state index contributed by atoms with van der Waals surface area (Å²) in [4.78, 5) is 24.7. The maximum absolute atomic E-state index is 11.2. The fraction of sp³-hybridized carbons (Fsp3) is 0.333. The number of benzene rings is 2. The van der Waals surface area contributed by atoms with Crippen molar-refractivity contribution >= 4 is 23.1 Å². The van der Waals surface area contributed by atoms with Gasteiger partial charge in [-0.2, -0.15) is 0 Å². The topological polar surface area (TPSA) is 164 Å². The highest BCUT2D eigenvalue weighted by Crippen LogP contribution is 2.33. The number of imidazole rings is 1. The maximum atomic E-state index is 11.2. The van der Waals surface area contributed by atoms with Crippen molar-refractivity contribution in [1.29, 1.82) is 0 Å². The molecular weight excluding hydrogens is 504 g/mol. The average Bonchev–Trinajstić information content (AvgIpc) is 3.49. The van der Waals surface area contributed by atoms with Crippen molar-refractivity contribution in [2.45, 2.75) is 37.0 Å². The van der Waals surface area contributed by atoms with E-state index >= 15 is 0 Å². The summed E-state index contributed by atoms with van der Waals surface area (Å²) < 4.78 is 12.5. The third-order valence-electron chi connectivity index (χ3n) is 6.69. The van der Waals surface area contributed by atoms with Gasteiger partial charge in [-0.05, 0) is 11.1 Å². The van der Waals surface area contributed by atoms with E-state index in [0.29, 0.717) is 23.5 Å². The summed E-state index contributed by atoms with van der Waals surface area (Å²) in [6.07, 6.45) is -3.89. The van der Waals surface area contributed by atoms with Gasteiger partial charge in [-0.3, -0.25) is 4.57 Å². The predicted molar refractivity (Wildman–Crippen MR) is 141 cm³/mol. The van der Waals surface area contributed by atoms with E-state index in [1.54, 1.807) is 0 Å². The van der Waals surface area contributed by atoms with Crippen molar-refractivity contribution in [1.82, 2.24) is 24.8 Å². The van der Waals surface area contributed by atoms with Gasteiger partial charge in [-0.1, -0.05) is 60.7 Å². The third-order valence-corrected chi connectivity index (χ3v) is 6.69. The number of carboxylic acid groups (broad SMARTS) is 1. The standard InChI is InChI=1S/C27H30N6O6/c1-38-14-19-22(34)23(35)26(39-19)33-15-30-21-24(31-20(32-25(21)33)13-29-27(36)37)28-12-18(16-8-4-2-5-9-16)17-10-6-3-7-11-17/h2-11,15,18-19,22-23,26,29,34-35H,12-14H2,1H3,(H,36,37)(H,28,31,32)/t19-,22-,23-,26-/m1/s1. The number of nitrogens with zero attached hydrogens (tertiary/aromatic N) is 4. The lowest BCUT2D eigenvalue weighted by Crippen LogP contribution is -2.33. The van der Waals surface area contributed by atoms with Crippen LogP contribution in [0.4, 0.5) is 10.6 Å². The van der Waals surface area contributed by atoms with Crippen LogP contribution >= 0.6 is 0 Å². The van der Waals surface area contributed by atoms with Crippen LogP contribution in [0.5, 0.6) is 0 Å². The number of nitrogens with one attached hydrogen (secondary N) is 2. The molecule has 5 N–H and O–H groups in total. The molecule has 2 aromatic heterocycles. The van der Waals surface area contributed by atoms with Gasteiger partial charge in [-0.15, -0.1) is 0 Å². The second-order valence-electron chi connectivity index (χ2n) is 9.23. The highest BCUT2D eigenvalue weighted by Gasteiger charge is 2.44. The Kier molecular flexibility index (Phi) is 7.98. The zero-order valence-corrected chi connectivity index (χ0v) is 21.2. The molecule has 0 unspecified atom stereocenters. The quantitative estimate of drug-likeness (QED) is 0.204. The first-order valence-electron chi connectivity index (χ1n) is 12.5. The molecule has 1 aliphatic rings. The van der Waals surface area contributed by atoms with Crippen molar-refractivity contribution < 1.29 is 29.6 Å². The molecule has 204 valence electrons. The van der Waals surface area contributed by atoms with Gasteiger partial charge in [0.15, 0.2) is 29.0 Å². The molecule has 0 saturated carbocycles. The summed E-state index contributed by atoms with van der Waals surface area (Å²) >= 11 is 0. The van der Waals surface area contributed by atoms with E-state index in [1.165, 1.54) is 18.0 Å². The Balaban J connectivity index is 1.50. The predicted octanol–water partition coefficient (Wildman–Crippen LogP) is 2.10. The van der Waals surface area contributed by atoms with Crippen LogP contribution in [0.25, 0.3) is 11.2 Å². The van der Waals surface area contributed by atoms with E-state index in [4.69, 9.17) is 14.6 Å². The first kappa shape index (κ1) is 26.5. The van der Waals surface area contributed by atoms with Crippen LogP contribution < -0.4 is 10.6 Å². The number of rotatable bonds is 10. The van der Waals surface area contributed by atoms with E-state index in [0.717, 1.165) is 11.1 Å². The van der Waals surface area contributed by atoms with Crippen molar-refractivity contribution in [3.63, 3.8) is 0 Å². The number of hydrogen-bond donors (Lipinski definition) is 5. The van der Waals surface area contributed by atoms with Crippen molar-refractivity contribution in [3.05, 3.63) is 83.9 Å². The average molecular weight is 535 g/mol.